The van der Waals surface area contributed by atoms with Crippen LogP contribution in [0.4, 0.5) is 0 Å². The molecular weight excluding hydrogens is 424 g/mol. The first-order valence-electron chi connectivity index (χ1n) is 10.4. The summed E-state index contributed by atoms with van der Waals surface area (Å²) in [6.45, 7) is 0.784. The Kier molecular flexibility index (Phi) is 9.00. The largest absolute Gasteiger partial charge is 0.493 e. The second-order valence-electron chi connectivity index (χ2n) is 8.47. The van der Waals surface area contributed by atoms with E-state index in [1.807, 2.05) is 0 Å². The van der Waals surface area contributed by atoms with Crippen molar-refractivity contribution in [2.45, 2.75) is 44.9 Å². The van der Waals surface area contributed by atoms with Gasteiger partial charge in [-0.1, -0.05) is 44.7 Å². The Morgan fingerprint density at radius 2 is 1.93 bits per heavy atom. The number of nitrogens with two attached hydrogens (primary N) is 1. The Balaban J connectivity index is 0.00000320. The maximum atomic E-state index is 12.8. The number of ether oxygens (including phenoxy) is 1. The molecule has 2 aliphatic rings. The number of sulfone groups is 1. The first-order chi connectivity index (χ1) is 13.8. The monoisotopic (exact) mass is 456 g/mol. The predicted molar refractivity (Wildman–Crippen MR) is 121 cm³/mol. The third-order valence-electron chi connectivity index (χ3n) is 6.26. The summed E-state index contributed by atoms with van der Waals surface area (Å²) in [6, 6.07) is 4.82. The van der Waals surface area contributed by atoms with Gasteiger partial charge in [0, 0.05) is 13.1 Å². The number of carbonyl (C=O) groups is 1. The van der Waals surface area contributed by atoms with Crippen LogP contribution in [-0.4, -0.2) is 45.5 Å². The van der Waals surface area contributed by atoms with Gasteiger partial charge in [-0.2, -0.15) is 0 Å². The summed E-state index contributed by atoms with van der Waals surface area (Å²) in [6.07, 6.45) is 8.70. The van der Waals surface area contributed by atoms with Crippen LogP contribution in [0.3, 0.4) is 0 Å². The zero-order chi connectivity index (χ0) is 20.9. The Morgan fingerprint density at radius 3 is 2.60 bits per heavy atom. The molecule has 6 nitrogen and oxygen atoms in total. The average Bonchev–Trinajstić information content (AvgIpc) is 2.67. The standard InChI is InChI=1S/C21H31ClN2O4S.CH2/c22-19-6-5-17(28-10-12-29(26,27)11-9-23)13-18(19)20(25)24-15-21-7-1-3-16(14-21)4-2-8-21;/h5-6,13,16H,1-4,7-12,14-15,23H2,(H,24,25);1H2. The van der Waals surface area contributed by atoms with Gasteiger partial charge in [-0.15, -0.1) is 0 Å². The summed E-state index contributed by atoms with van der Waals surface area (Å²) >= 11 is 6.24. The minimum Gasteiger partial charge on any atom is -0.493 e. The molecule has 1 aromatic carbocycles. The summed E-state index contributed by atoms with van der Waals surface area (Å²) in [5, 5.41) is 3.45. The highest BCUT2D eigenvalue weighted by molar-refractivity contribution is 7.91. The van der Waals surface area contributed by atoms with E-state index in [4.69, 9.17) is 22.1 Å². The molecule has 0 aliphatic heterocycles. The van der Waals surface area contributed by atoms with Gasteiger partial charge in [0.1, 0.15) is 12.4 Å². The molecule has 0 unspecified atom stereocenters. The maximum Gasteiger partial charge on any atom is 0.252 e. The maximum absolute atomic E-state index is 12.8. The van der Waals surface area contributed by atoms with Gasteiger partial charge < -0.3 is 15.8 Å². The van der Waals surface area contributed by atoms with Crippen LogP contribution in [-0.2, 0) is 9.84 Å². The summed E-state index contributed by atoms with van der Waals surface area (Å²) in [5.41, 5.74) is 5.89. The summed E-state index contributed by atoms with van der Waals surface area (Å²) in [4.78, 5) is 12.8. The van der Waals surface area contributed by atoms with E-state index in [-0.39, 0.29) is 43.4 Å². The van der Waals surface area contributed by atoms with Crippen molar-refractivity contribution >= 4 is 27.3 Å². The summed E-state index contributed by atoms with van der Waals surface area (Å²) < 4.78 is 29.0. The van der Waals surface area contributed by atoms with Gasteiger partial charge in [-0.3, -0.25) is 4.79 Å². The molecule has 0 heterocycles. The van der Waals surface area contributed by atoms with Crippen molar-refractivity contribution in [1.29, 1.82) is 0 Å². The number of carbonyl (C=O) groups excluding carboxylic acids is 1. The first-order valence-corrected chi connectivity index (χ1v) is 12.6. The lowest BCUT2D eigenvalue weighted by Crippen LogP contribution is -2.43. The lowest BCUT2D eigenvalue weighted by Gasteiger charge is -2.45. The fraction of sp³-hybridized carbons (Fsp3) is 0.636. The van der Waals surface area contributed by atoms with Gasteiger partial charge in [0.15, 0.2) is 9.84 Å². The van der Waals surface area contributed by atoms with Crippen LogP contribution in [0.2, 0.25) is 5.02 Å². The summed E-state index contributed by atoms with van der Waals surface area (Å²) in [5.74, 6) is 0.852. The van der Waals surface area contributed by atoms with Crippen molar-refractivity contribution in [3.8, 4) is 5.75 Å². The van der Waals surface area contributed by atoms with Crippen LogP contribution >= 0.6 is 11.6 Å². The van der Waals surface area contributed by atoms with Gasteiger partial charge >= 0.3 is 0 Å². The van der Waals surface area contributed by atoms with Gasteiger partial charge in [0.05, 0.1) is 22.1 Å². The van der Waals surface area contributed by atoms with E-state index in [1.54, 1.807) is 18.2 Å². The molecule has 0 atom stereocenters. The predicted octanol–water partition coefficient (Wildman–Crippen LogP) is 3.51. The third-order valence-corrected chi connectivity index (χ3v) is 8.23. The zero-order valence-corrected chi connectivity index (χ0v) is 19.1. The molecule has 2 fully saturated rings. The second-order valence-corrected chi connectivity index (χ2v) is 11.2. The molecule has 30 heavy (non-hydrogen) atoms. The SMILES string of the molecule is NCCS(=O)(=O)CCOc1ccc(Cl)c(C(=O)NCC23CCCC(CCC2)C3)c1.[CH2]. The lowest BCUT2D eigenvalue weighted by molar-refractivity contribution is 0.0681. The number of halogens is 1. The van der Waals surface area contributed by atoms with Crippen LogP contribution in [0.5, 0.6) is 5.75 Å². The topological polar surface area (TPSA) is 98.5 Å². The Morgan fingerprint density at radius 1 is 1.23 bits per heavy atom. The molecule has 2 saturated carbocycles. The quantitative estimate of drug-likeness (QED) is 0.592. The molecular formula is C22H33ClN2O4S. The van der Waals surface area contributed by atoms with Crippen LogP contribution in [0.25, 0.3) is 0 Å². The first kappa shape index (κ1) is 25.0. The highest BCUT2D eigenvalue weighted by Gasteiger charge is 2.39. The number of benzene rings is 1. The van der Waals surface area contributed by atoms with E-state index in [2.05, 4.69) is 5.32 Å². The molecule has 8 heteroatoms. The molecule has 2 radical (unpaired) electrons. The van der Waals surface area contributed by atoms with E-state index in [9.17, 15) is 13.2 Å². The fourth-order valence-electron chi connectivity index (χ4n) is 4.77. The highest BCUT2D eigenvalue weighted by atomic mass is 35.5. The van der Waals surface area contributed by atoms with Crippen molar-refractivity contribution in [2.24, 2.45) is 17.1 Å². The fourth-order valence-corrected chi connectivity index (χ4v) is 5.87. The van der Waals surface area contributed by atoms with Gasteiger partial charge in [0.2, 0.25) is 0 Å². The Hall–Kier alpha value is -1.31. The molecule has 0 saturated heterocycles. The van der Waals surface area contributed by atoms with Crippen molar-refractivity contribution in [3.05, 3.63) is 36.2 Å². The smallest absolute Gasteiger partial charge is 0.252 e. The van der Waals surface area contributed by atoms with E-state index in [1.165, 1.54) is 44.9 Å². The normalized spacial score (nSPS) is 23.3. The van der Waals surface area contributed by atoms with Gasteiger partial charge in [-0.25, -0.2) is 8.42 Å². The number of nitrogens with one attached hydrogen (secondary N) is 1. The van der Waals surface area contributed by atoms with E-state index < -0.39 is 9.84 Å². The number of hydrogen-bond acceptors (Lipinski definition) is 5. The lowest BCUT2D eigenvalue weighted by atomic mass is 9.62. The number of rotatable bonds is 9. The minimum absolute atomic E-state index is 0. The number of amides is 1. The van der Waals surface area contributed by atoms with Crippen molar-refractivity contribution < 1.29 is 17.9 Å². The molecule has 1 amide bonds. The highest BCUT2D eigenvalue weighted by Crippen LogP contribution is 2.48. The summed E-state index contributed by atoms with van der Waals surface area (Å²) in [7, 11) is -3.22. The third kappa shape index (κ3) is 6.59. The second kappa shape index (κ2) is 10.8. The molecule has 0 spiro atoms. The van der Waals surface area contributed by atoms with Crippen LogP contribution in [0, 0.1) is 18.8 Å². The van der Waals surface area contributed by atoms with Crippen molar-refractivity contribution in [3.63, 3.8) is 0 Å². The van der Waals surface area contributed by atoms with Crippen molar-refractivity contribution in [2.75, 3.05) is 31.2 Å². The molecule has 0 aromatic heterocycles. The van der Waals surface area contributed by atoms with Crippen molar-refractivity contribution in [1.82, 2.24) is 5.32 Å². The zero-order valence-electron chi connectivity index (χ0n) is 17.5. The number of fused-ring (bicyclic) bond motifs is 2. The molecule has 2 bridgehead atoms. The number of hydrogen-bond donors (Lipinski definition) is 2. The Labute approximate surface area is 185 Å². The molecule has 2 aliphatic carbocycles. The molecule has 3 rings (SSSR count). The van der Waals surface area contributed by atoms with Crippen LogP contribution in [0.1, 0.15) is 55.3 Å². The van der Waals surface area contributed by atoms with Crippen LogP contribution in [0.15, 0.2) is 18.2 Å². The molecule has 168 valence electrons. The van der Waals surface area contributed by atoms with E-state index in [0.717, 1.165) is 5.92 Å². The average molecular weight is 457 g/mol. The Bertz CT molecular complexity index is 818. The van der Waals surface area contributed by atoms with E-state index >= 15 is 0 Å². The molecule has 3 N–H and O–H groups in total. The molecule has 1 aromatic rings. The van der Waals surface area contributed by atoms with E-state index in [0.29, 0.717) is 22.9 Å². The van der Waals surface area contributed by atoms with Gasteiger partial charge in [0.25, 0.3) is 5.91 Å². The minimum atomic E-state index is -3.22. The van der Waals surface area contributed by atoms with Crippen LogP contribution < -0.4 is 15.8 Å². The van der Waals surface area contributed by atoms with Gasteiger partial charge in [-0.05, 0) is 48.8 Å².